The molecule has 1 aliphatic rings. The second-order valence-corrected chi connectivity index (χ2v) is 7.14. The Morgan fingerprint density at radius 1 is 1.40 bits per heavy atom. The van der Waals surface area contributed by atoms with Crippen LogP contribution < -0.4 is 0 Å². The number of nitro benzene ring substituents is 1. The maximum Gasteiger partial charge on any atom is 0.306 e. The highest BCUT2D eigenvalue weighted by Gasteiger charge is 2.30. The van der Waals surface area contributed by atoms with E-state index in [9.17, 15) is 14.9 Å². The number of carbonyl (C=O) groups is 1. The molecule has 0 bridgehead atoms. The number of nitrogens with zero attached hydrogens (tertiary/aromatic N) is 1. The maximum absolute atomic E-state index is 11.6. The number of hydrogen-bond acceptors (Lipinski definition) is 6. The summed E-state index contributed by atoms with van der Waals surface area (Å²) in [6.07, 6.45) is 0.305. The van der Waals surface area contributed by atoms with E-state index in [1.54, 1.807) is 12.1 Å². The molecule has 2 rings (SSSR count). The predicted molar refractivity (Wildman–Crippen MR) is 81.2 cm³/mol. The molecule has 0 aliphatic carbocycles. The largest absolute Gasteiger partial charge is 0.469 e. The second kappa shape index (κ2) is 6.99. The topological polar surface area (TPSA) is 69.4 Å². The van der Waals surface area contributed by atoms with Crippen LogP contribution in [0.5, 0.6) is 0 Å². The Kier molecular flexibility index (Phi) is 5.31. The van der Waals surface area contributed by atoms with Crippen LogP contribution in [0.2, 0.25) is 0 Å². The summed E-state index contributed by atoms with van der Waals surface area (Å²) >= 11 is 3.66. The normalized spacial score (nSPS) is 16.9. The number of carbonyl (C=O) groups excluding carboxylic acids is 1. The molecule has 20 heavy (non-hydrogen) atoms. The lowest BCUT2D eigenvalue weighted by Gasteiger charge is -2.21. The Hall–Kier alpha value is -1.21. The van der Waals surface area contributed by atoms with Crippen molar-refractivity contribution in [2.45, 2.75) is 16.9 Å². The number of benzene rings is 1. The van der Waals surface area contributed by atoms with Gasteiger partial charge in [-0.15, -0.1) is 23.5 Å². The molecule has 0 saturated carbocycles. The smallest absolute Gasteiger partial charge is 0.306 e. The van der Waals surface area contributed by atoms with E-state index in [1.165, 1.54) is 19.2 Å². The number of esters is 1. The van der Waals surface area contributed by atoms with Crippen LogP contribution in [0.15, 0.2) is 24.3 Å². The molecule has 1 aromatic rings. The van der Waals surface area contributed by atoms with Crippen LogP contribution in [0.4, 0.5) is 5.69 Å². The zero-order valence-corrected chi connectivity index (χ0v) is 12.6. The van der Waals surface area contributed by atoms with Crippen LogP contribution in [0, 0.1) is 10.1 Å². The van der Waals surface area contributed by atoms with Crippen molar-refractivity contribution >= 4 is 35.2 Å². The fourth-order valence-electron chi connectivity index (χ4n) is 2.09. The molecule has 1 saturated heterocycles. The minimum absolute atomic E-state index is 0.0285. The van der Waals surface area contributed by atoms with Gasteiger partial charge in [0.2, 0.25) is 0 Å². The van der Waals surface area contributed by atoms with E-state index in [4.69, 9.17) is 4.74 Å². The Morgan fingerprint density at radius 3 is 2.50 bits per heavy atom. The predicted octanol–water partition coefficient (Wildman–Crippen LogP) is 3.05. The number of nitro groups is 1. The highest BCUT2D eigenvalue weighted by atomic mass is 32.2. The maximum atomic E-state index is 11.6. The van der Waals surface area contributed by atoms with E-state index in [0.717, 1.165) is 17.1 Å². The van der Waals surface area contributed by atoms with Gasteiger partial charge in [-0.05, 0) is 5.56 Å². The first kappa shape index (κ1) is 15.2. The van der Waals surface area contributed by atoms with Crippen LogP contribution in [0.25, 0.3) is 0 Å². The minimum Gasteiger partial charge on any atom is -0.469 e. The van der Waals surface area contributed by atoms with Crippen molar-refractivity contribution in [2.75, 3.05) is 18.6 Å². The van der Waals surface area contributed by atoms with Crippen molar-refractivity contribution in [3.05, 3.63) is 39.9 Å². The van der Waals surface area contributed by atoms with Gasteiger partial charge in [0.1, 0.15) is 0 Å². The molecular formula is C13H15NO4S2. The van der Waals surface area contributed by atoms with Gasteiger partial charge in [-0.3, -0.25) is 14.9 Å². The average molecular weight is 313 g/mol. The highest BCUT2D eigenvalue weighted by Crippen LogP contribution is 2.43. The fourth-order valence-corrected chi connectivity index (χ4v) is 5.25. The number of hydrogen-bond donors (Lipinski definition) is 0. The van der Waals surface area contributed by atoms with Crippen molar-refractivity contribution in [2.24, 2.45) is 0 Å². The summed E-state index contributed by atoms with van der Waals surface area (Å²) in [5.41, 5.74) is 1.02. The number of thioether (sulfide) groups is 2. The van der Waals surface area contributed by atoms with Crippen molar-refractivity contribution in [1.82, 2.24) is 0 Å². The molecule has 1 atom stereocenters. The molecule has 108 valence electrons. The van der Waals surface area contributed by atoms with Crippen molar-refractivity contribution in [1.29, 1.82) is 0 Å². The van der Waals surface area contributed by atoms with E-state index < -0.39 is 4.92 Å². The summed E-state index contributed by atoms with van der Waals surface area (Å²) in [5, 5.41) is 10.7. The Balaban J connectivity index is 2.20. The summed E-state index contributed by atoms with van der Waals surface area (Å²) in [6, 6.07) is 6.46. The van der Waals surface area contributed by atoms with Gasteiger partial charge in [0.05, 0.1) is 23.0 Å². The van der Waals surface area contributed by atoms with E-state index in [0.29, 0.717) is 11.0 Å². The fraction of sp³-hybridized carbons (Fsp3) is 0.462. The molecule has 1 fully saturated rings. The molecular weight excluding hydrogens is 298 g/mol. The van der Waals surface area contributed by atoms with Crippen LogP contribution in [0.1, 0.15) is 17.9 Å². The van der Waals surface area contributed by atoms with Crippen LogP contribution in [-0.2, 0) is 9.53 Å². The van der Waals surface area contributed by atoms with E-state index >= 15 is 0 Å². The molecule has 0 unspecified atom stereocenters. The van der Waals surface area contributed by atoms with Gasteiger partial charge in [-0.1, -0.05) is 12.1 Å². The van der Waals surface area contributed by atoms with Crippen LogP contribution in [-0.4, -0.2) is 34.1 Å². The first-order valence-electron chi connectivity index (χ1n) is 6.16. The molecule has 1 aromatic carbocycles. The lowest BCUT2D eigenvalue weighted by atomic mass is 9.97. The van der Waals surface area contributed by atoms with E-state index in [1.807, 2.05) is 23.5 Å². The number of ether oxygens (including phenoxy) is 1. The molecule has 1 aliphatic heterocycles. The van der Waals surface area contributed by atoms with Gasteiger partial charge in [0.15, 0.2) is 0 Å². The molecule has 0 amide bonds. The second-order valence-electron chi connectivity index (χ2n) is 4.35. The Morgan fingerprint density at radius 2 is 2.00 bits per heavy atom. The molecule has 0 aromatic heterocycles. The lowest BCUT2D eigenvalue weighted by Crippen LogP contribution is -2.16. The highest BCUT2D eigenvalue weighted by molar-refractivity contribution is 8.20. The minimum atomic E-state index is -0.418. The molecule has 5 nitrogen and oxygen atoms in total. The average Bonchev–Trinajstić information content (AvgIpc) is 2.98. The first-order chi connectivity index (χ1) is 9.61. The SMILES string of the molecule is COC(=O)C[C@@H](c1ccc([N+](=O)[O-])cc1)C1SCCS1. The quantitative estimate of drug-likeness (QED) is 0.473. The van der Waals surface area contributed by atoms with Gasteiger partial charge in [0, 0.05) is 29.6 Å². The summed E-state index contributed by atoms with van der Waals surface area (Å²) in [7, 11) is 1.38. The molecule has 1 heterocycles. The zero-order chi connectivity index (χ0) is 14.5. The van der Waals surface area contributed by atoms with Crippen molar-refractivity contribution in [3.63, 3.8) is 0 Å². The van der Waals surface area contributed by atoms with Crippen molar-refractivity contribution < 1.29 is 14.5 Å². The third-order valence-electron chi connectivity index (χ3n) is 3.12. The van der Waals surface area contributed by atoms with Crippen LogP contribution in [0.3, 0.4) is 0 Å². The summed E-state index contributed by atoms with van der Waals surface area (Å²) in [4.78, 5) is 21.8. The third kappa shape index (κ3) is 3.67. The van der Waals surface area contributed by atoms with E-state index in [-0.39, 0.29) is 17.6 Å². The summed E-state index contributed by atoms with van der Waals surface area (Å²) in [6.45, 7) is 0. The number of methoxy groups -OCH3 is 1. The third-order valence-corrected chi connectivity index (χ3v) is 6.39. The number of rotatable bonds is 5. The van der Waals surface area contributed by atoms with Gasteiger partial charge in [0.25, 0.3) is 5.69 Å². The van der Waals surface area contributed by atoms with Gasteiger partial charge < -0.3 is 4.74 Å². The molecule has 0 spiro atoms. The summed E-state index contributed by atoms with van der Waals surface area (Å²) < 4.78 is 5.06. The first-order valence-corrected chi connectivity index (χ1v) is 8.26. The monoisotopic (exact) mass is 313 g/mol. The van der Waals surface area contributed by atoms with Crippen LogP contribution >= 0.6 is 23.5 Å². The zero-order valence-electron chi connectivity index (χ0n) is 11.0. The van der Waals surface area contributed by atoms with E-state index in [2.05, 4.69) is 0 Å². The Labute approximate surface area is 125 Å². The standard InChI is InChI=1S/C13H15NO4S2/c1-18-12(15)8-11(13-19-6-7-20-13)9-2-4-10(5-3-9)14(16)17/h2-5,11,13H,6-8H2,1H3/t11-/m0/s1. The van der Waals surface area contributed by atoms with Crippen molar-refractivity contribution in [3.8, 4) is 0 Å². The van der Waals surface area contributed by atoms with Gasteiger partial charge in [-0.2, -0.15) is 0 Å². The molecule has 0 N–H and O–H groups in total. The number of non-ortho nitro benzene ring substituents is 1. The van der Waals surface area contributed by atoms with Gasteiger partial charge in [-0.25, -0.2) is 0 Å². The molecule has 7 heteroatoms. The molecule has 0 radical (unpaired) electrons. The lowest BCUT2D eigenvalue weighted by molar-refractivity contribution is -0.384. The van der Waals surface area contributed by atoms with Gasteiger partial charge >= 0.3 is 5.97 Å². The Bertz CT molecular complexity index is 486. The summed E-state index contributed by atoms with van der Waals surface area (Å²) in [5.74, 6) is 1.92.